The number of carbonyl (C=O) groups excluding carboxylic acids is 2. The number of rotatable bonds is 7. The molecule has 1 fully saturated rings. The van der Waals surface area contributed by atoms with E-state index in [2.05, 4.69) is 5.32 Å². The lowest BCUT2D eigenvalue weighted by molar-refractivity contribution is -0.130. The van der Waals surface area contributed by atoms with Gasteiger partial charge >= 0.3 is 0 Å². The van der Waals surface area contributed by atoms with E-state index in [4.69, 9.17) is 4.74 Å². The summed E-state index contributed by atoms with van der Waals surface area (Å²) in [5.41, 5.74) is 0.792. The Morgan fingerprint density at radius 1 is 1.00 bits per heavy atom. The van der Waals surface area contributed by atoms with Gasteiger partial charge in [-0.1, -0.05) is 18.9 Å². The number of nitrogens with zero attached hydrogens (tertiary/aromatic N) is 2. The Morgan fingerprint density at radius 2 is 1.66 bits per heavy atom. The minimum atomic E-state index is -3.63. The second kappa shape index (κ2) is 10.6. The highest BCUT2D eigenvalue weighted by atomic mass is 32.2. The van der Waals surface area contributed by atoms with E-state index in [0.717, 1.165) is 25.7 Å². The average Bonchev–Trinajstić information content (AvgIpc) is 3.08. The summed E-state index contributed by atoms with van der Waals surface area (Å²) in [6.07, 6.45) is 3.76. The highest BCUT2D eigenvalue weighted by Crippen LogP contribution is 2.22. The molecule has 1 heterocycles. The number of amides is 2. The maximum Gasteiger partial charge on any atom is 0.259 e. The average molecular weight is 460 g/mol. The molecule has 32 heavy (non-hydrogen) atoms. The molecule has 2 aromatic rings. The lowest BCUT2D eigenvalue weighted by atomic mass is 10.2. The van der Waals surface area contributed by atoms with Crippen molar-refractivity contribution in [2.45, 2.75) is 30.6 Å². The van der Waals surface area contributed by atoms with Crippen molar-refractivity contribution in [2.24, 2.45) is 0 Å². The molecule has 0 aromatic heterocycles. The Morgan fingerprint density at radius 3 is 2.28 bits per heavy atom. The zero-order valence-electron chi connectivity index (χ0n) is 18.4. The predicted octanol–water partition coefficient (Wildman–Crippen LogP) is 2.97. The molecule has 1 aliphatic rings. The monoisotopic (exact) mass is 459 g/mol. The van der Waals surface area contributed by atoms with Gasteiger partial charge in [0.1, 0.15) is 5.75 Å². The number of carbonyl (C=O) groups is 2. The fraction of sp³-hybridized carbons (Fsp3) is 0.391. The number of nitrogens with one attached hydrogen (secondary N) is 1. The smallest absolute Gasteiger partial charge is 0.259 e. The van der Waals surface area contributed by atoms with Crippen LogP contribution in [-0.4, -0.2) is 63.2 Å². The third-order valence-corrected chi connectivity index (χ3v) is 7.17. The van der Waals surface area contributed by atoms with Gasteiger partial charge in [0.25, 0.3) is 11.8 Å². The summed E-state index contributed by atoms with van der Waals surface area (Å²) in [6.45, 7) is 0.942. The van der Waals surface area contributed by atoms with Crippen LogP contribution in [0, 0.1) is 0 Å². The second-order valence-electron chi connectivity index (χ2n) is 7.90. The summed E-state index contributed by atoms with van der Waals surface area (Å²) in [7, 11) is -0.331. The predicted molar refractivity (Wildman–Crippen MR) is 122 cm³/mol. The lowest BCUT2D eigenvalue weighted by Crippen LogP contribution is -2.32. The van der Waals surface area contributed by atoms with Crippen LogP contribution in [0.25, 0.3) is 0 Å². The van der Waals surface area contributed by atoms with Gasteiger partial charge in [-0.3, -0.25) is 9.59 Å². The molecule has 0 atom stereocenters. The fourth-order valence-corrected chi connectivity index (χ4v) is 4.90. The van der Waals surface area contributed by atoms with Gasteiger partial charge in [-0.2, -0.15) is 4.31 Å². The second-order valence-corrected chi connectivity index (χ2v) is 9.84. The normalized spacial score (nSPS) is 14.9. The molecule has 2 amide bonds. The Balaban J connectivity index is 1.66. The Hall–Kier alpha value is -2.91. The van der Waals surface area contributed by atoms with Crippen molar-refractivity contribution >= 4 is 27.5 Å². The van der Waals surface area contributed by atoms with Gasteiger partial charge in [-0.15, -0.1) is 0 Å². The van der Waals surface area contributed by atoms with Crippen LogP contribution in [0.2, 0.25) is 0 Å². The van der Waals surface area contributed by atoms with E-state index < -0.39 is 15.9 Å². The van der Waals surface area contributed by atoms with E-state index in [-0.39, 0.29) is 23.0 Å². The van der Waals surface area contributed by atoms with Crippen LogP contribution in [0.1, 0.15) is 36.0 Å². The van der Waals surface area contributed by atoms with Gasteiger partial charge in [-0.25, -0.2) is 8.42 Å². The first-order valence-corrected chi connectivity index (χ1v) is 12.1. The summed E-state index contributed by atoms with van der Waals surface area (Å²) in [5, 5.41) is 2.76. The topological polar surface area (TPSA) is 96.0 Å². The first-order valence-electron chi connectivity index (χ1n) is 10.6. The SMILES string of the molecule is CN(C)C(=O)COc1ccc(NC(=O)c2cccc(S(=O)(=O)N3CCCCCC3)c2)cc1. The van der Waals surface area contributed by atoms with Crippen molar-refractivity contribution in [1.29, 1.82) is 0 Å². The van der Waals surface area contributed by atoms with Crippen LogP contribution in [0.3, 0.4) is 0 Å². The van der Waals surface area contributed by atoms with Crippen molar-refractivity contribution in [1.82, 2.24) is 9.21 Å². The molecular formula is C23H29N3O5S. The van der Waals surface area contributed by atoms with Crippen LogP contribution in [-0.2, 0) is 14.8 Å². The third kappa shape index (κ3) is 6.08. The summed E-state index contributed by atoms with van der Waals surface area (Å²) in [5.74, 6) is -0.0597. The van der Waals surface area contributed by atoms with E-state index >= 15 is 0 Å². The zero-order chi connectivity index (χ0) is 23.1. The van der Waals surface area contributed by atoms with Gasteiger partial charge in [0, 0.05) is 38.4 Å². The van der Waals surface area contributed by atoms with Crippen LogP contribution < -0.4 is 10.1 Å². The third-order valence-electron chi connectivity index (χ3n) is 5.27. The van der Waals surface area contributed by atoms with E-state index in [0.29, 0.717) is 24.5 Å². The van der Waals surface area contributed by atoms with Crippen LogP contribution >= 0.6 is 0 Å². The number of hydrogen-bond acceptors (Lipinski definition) is 5. The molecule has 8 nitrogen and oxygen atoms in total. The van der Waals surface area contributed by atoms with E-state index in [1.807, 2.05) is 0 Å². The molecule has 0 unspecified atom stereocenters. The van der Waals surface area contributed by atoms with Gasteiger partial charge in [0.05, 0.1) is 4.90 Å². The first-order chi connectivity index (χ1) is 15.3. The summed E-state index contributed by atoms with van der Waals surface area (Å²) < 4.78 is 33.0. The van der Waals surface area contributed by atoms with E-state index in [1.165, 1.54) is 21.3 Å². The van der Waals surface area contributed by atoms with Crippen molar-refractivity contribution in [3.63, 3.8) is 0 Å². The highest BCUT2D eigenvalue weighted by Gasteiger charge is 2.25. The van der Waals surface area contributed by atoms with E-state index in [9.17, 15) is 18.0 Å². The standard InChI is InChI=1S/C23H29N3O5S/c1-25(2)22(27)17-31-20-12-10-19(11-13-20)24-23(28)18-8-7-9-21(16-18)32(29,30)26-14-5-3-4-6-15-26/h7-13,16H,3-6,14-15,17H2,1-2H3,(H,24,28). The minimum absolute atomic E-state index is 0.0724. The van der Waals surface area contributed by atoms with E-state index in [1.54, 1.807) is 50.5 Å². The van der Waals surface area contributed by atoms with Crippen molar-refractivity contribution < 1.29 is 22.7 Å². The maximum atomic E-state index is 13.0. The van der Waals surface area contributed by atoms with Gasteiger partial charge in [0.15, 0.2) is 6.61 Å². The molecule has 2 aromatic carbocycles. The summed E-state index contributed by atoms with van der Waals surface area (Å²) in [6, 6.07) is 12.7. The van der Waals surface area contributed by atoms with Crippen LogP contribution in [0.5, 0.6) is 5.75 Å². The summed E-state index contributed by atoms with van der Waals surface area (Å²) >= 11 is 0. The van der Waals surface area contributed by atoms with Crippen LogP contribution in [0.4, 0.5) is 5.69 Å². The Bertz CT molecular complexity index is 1040. The molecule has 9 heteroatoms. The number of benzene rings is 2. The van der Waals surface area contributed by atoms with Crippen molar-refractivity contribution in [3.05, 3.63) is 54.1 Å². The zero-order valence-corrected chi connectivity index (χ0v) is 19.2. The van der Waals surface area contributed by atoms with Crippen LogP contribution in [0.15, 0.2) is 53.4 Å². The minimum Gasteiger partial charge on any atom is -0.484 e. The number of anilines is 1. The quantitative estimate of drug-likeness (QED) is 0.687. The number of ether oxygens (including phenoxy) is 1. The largest absolute Gasteiger partial charge is 0.484 e. The molecule has 172 valence electrons. The molecule has 3 rings (SSSR count). The molecule has 0 aliphatic carbocycles. The molecule has 1 aliphatic heterocycles. The molecule has 1 N–H and O–H groups in total. The van der Waals surface area contributed by atoms with Crippen molar-refractivity contribution in [3.8, 4) is 5.75 Å². The first kappa shape index (κ1) is 23.7. The van der Waals surface area contributed by atoms with Gasteiger partial charge in [0.2, 0.25) is 10.0 Å². The lowest BCUT2D eigenvalue weighted by Gasteiger charge is -2.20. The number of sulfonamides is 1. The molecule has 0 bridgehead atoms. The number of hydrogen-bond donors (Lipinski definition) is 1. The summed E-state index contributed by atoms with van der Waals surface area (Å²) in [4.78, 5) is 25.9. The molecule has 1 saturated heterocycles. The molecule has 0 radical (unpaired) electrons. The highest BCUT2D eigenvalue weighted by molar-refractivity contribution is 7.89. The van der Waals surface area contributed by atoms with Crippen molar-refractivity contribution in [2.75, 3.05) is 39.1 Å². The van der Waals surface area contributed by atoms with Gasteiger partial charge in [-0.05, 0) is 55.3 Å². The molecule has 0 spiro atoms. The fourth-order valence-electron chi connectivity index (χ4n) is 3.34. The molecule has 0 saturated carbocycles. The number of likely N-dealkylation sites (N-methyl/N-ethyl adjacent to an activating group) is 1. The Labute approximate surface area is 189 Å². The Kier molecular flexibility index (Phi) is 7.87. The maximum absolute atomic E-state index is 13.0. The van der Waals surface area contributed by atoms with Gasteiger partial charge < -0.3 is 15.0 Å². The molecular weight excluding hydrogens is 430 g/mol.